The third-order valence-electron chi connectivity index (χ3n) is 4.36. The smallest absolute Gasteiger partial charge is 0.251 e. The van der Waals surface area contributed by atoms with Gasteiger partial charge in [-0.25, -0.2) is 0 Å². The highest BCUT2D eigenvalue weighted by Gasteiger charge is 2.15. The van der Waals surface area contributed by atoms with E-state index in [-0.39, 0.29) is 17.2 Å². The third kappa shape index (κ3) is 5.64. The minimum absolute atomic E-state index is 0.0212. The minimum atomic E-state index is -0.138. The molecule has 5 heteroatoms. The fourth-order valence-corrected chi connectivity index (χ4v) is 2.77. The Kier molecular flexibility index (Phi) is 6.37. The van der Waals surface area contributed by atoms with Crippen LogP contribution in [0, 0.1) is 0 Å². The number of hydrogen-bond acceptors (Lipinski definition) is 3. The Balaban J connectivity index is 1.69. The van der Waals surface area contributed by atoms with Gasteiger partial charge in [-0.15, -0.1) is 0 Å². The number of nitrogens with one attached hydrogen (secondary N) is 3. The molecular weight excluding hydrogens is 302 g/mol. The van der Waals surface area contributed by atoms with E-state index in [1.54, 1.807) is 0 Å². The SMILES string of the molecule is CC(C)(C)c1ccc(C(=O)NCCC(=O)NCC2CCCN2)cc1. The Hall–Kier alpha value is -1.88. The average molecular weight is 331 g/mol. The fraction of sp³-hybridized carbons (Fsp3) is 0.579. The number of hydrogen-bond donors (Lipinski definition) is 3. The summed E-state index contributed by atoms with van der Waals surface area (Å²) in [5.74, 6) is -0.159. The van der Waals surface area contributed by atoms with Crippen LogP contribution < -0.4 is 16.0 Å². The molecule has 0 aromatic heterocycles. The van der Waals surface area contributed by atoms with Crippen LogP contribution in [0.3, 0.4) is 0 Å². The first-order valence-electron chi connectivity index (χ1n) is 8.75. The van der Waals surface area contributed by atoms with E-state index in [0.717, 1.165) is 13.0 Å². The monoisotopic (exact) mass is 331 g/mol. The Labute approximate surface area is 144 Å². The largest absolute Gasteiger partial charge is 0.354 e. The van der Waals surface area contributed by atoms with E-state index in [1.807, 2.05) is 24.3 Å². The molecule has 1 aromatic rings. The first-order valence-corrected chi connectivity index (χ1v) is 8.75. The second kappa shape index (κ2) is 8.29. The topological polar surface area (TPSA) is 70.2 Å². The van der Waals surface area contributed by atoms with E-state index in [9.17, 15) is 9.59 Å². The molecule has 0 radical (unpaired) electrons. The second-order valence-corrected chi connectivity index (χ2v) is 7.43. The van der Waals surface area contributed by atoms with Crippen LogP contribution in [-0.2, 0) is 10.2 Å². The van der Waals surface area contributed by atoms with Crippen LogP contribution in [0.25, 0.3) is 0 Å². The molecule has 1 saturated heterocycles. The second-order valence-electron chi connectivity index (χ2n) is 7.43. The van der Waals surface area contributed by atoms with E-state index in [1.165, 1.54) is 12.0 Å². The van der Waals surface area contributed by atoms with E-state index >= 15 is 0 Å². The van der Waals surface area contributed by atoms with Gasteiger partial charge < -0.3 is 16.0 Å². The molecule has 1 fully saturated rings. The summed E-state index contributed by atoms with van der Waals surface area (Å²) in [4.78, 5) is 23.9. The summed E-state index contributed by atoms with van der Waals surface area (Å²) >= 11 is 0. The maximum absolute atomic E-state index is 12.1. The number of carbonyl (C=O) groups is 2. The summed E-state index contributed by atoms with van der Waals surface area (Å²) < 4.78 is 0. The molecule has 1 aromatic carbocycles. The Morgan fingerprint density at radius 1 is 1.17 bits per heavy atom. The van der Waals surface area contributed by atoms with Gasteiger partial charge in [0.1, 0.15) is 0 Å². The molecule has 2 amide bonds. The van der Waals surface area contributed by atoms with Crippen molar-refractivity contribution >= 4 is 11.8 Å². The van der Waals surface area contributed by atoms with Gasteiger partial charge in [-0.1, -0.05) is 32.9 Å². The summed E-state index contributed by atoms with van der Waals surface area (Å²) in [5, 5.41) is 9.05. The number of rotatable bonds is 6. The molecule has 24 heavy (non-hydrogen) atoms. The van der Waals surface area contributed by atoms with Gasteiger partial charge in [0.25, 0.3) is 5.91 Å². The van der Waals surface area contributed by atoms with Crippen molar-refractivity contribution in [3.05, 3.63) is 35.4 Å². The lowest BCUT2D eigenvalue weighted by Crippen LogP contribution is -2.38. The number of amides is 2. The van der Waals surface area contributed by atoms with Gasteiger partial charge >= 0.3 is 0 Å². The molecule has 0 bridgehead atoms. The van der Waals surface area contributed by atoms with Crippen LogP contribution >= 0.6 is 0 Å². The third-order valence-corrected chi connectivity index (χ3v) is 4.36. The lowest BCUT2D eigenvalue weighted by molar-refractivity contribution is -0.121. The molecular formula is C19H29N3O2. The molecule has 0 spiro atoms. The molecule has 2 rings (SSSR count). The number of carbonyl (C=O) groups excluding carboxylic acids is 2. The van der Waals surface area contributed by atoms with Gasteiger partial charge in [0.2, 0.25) is 5.91 Å². The quantitative estimate of drug-likeness (QED) is 0.746. The van der Waals surface area contributed by atoms with Crippen LogP contribution in [0.5, 0.6) is 0 Å². The fourth-order valence-electron chi connectivity index (χ4n) is 2.77. The standard InChI is InChI=1S/C19H29N3O2/c1-19(2,3)15-8-6-14(7-9-15)18(24)21-12-10-17(23)22-13-16-5-4-11-20-16/h6-9,16,20H,4-5,10-13H2,1-3H3,(H,21,24)(H,22,23). The molecule has 5 nitrogen and oxygen atoms in total. The number of benzene rings is 1. The van der Waals surface area contributed by atoms with Gasteiger partial charge in [0.05, 0.1) is 0 Å². The van der Waals surface area contributed by atoms with Crippen molar-refractivity contribution < 1.29 is 9.59 Å². The van der Waals surface area contributed by atoms with Crippen molar-refractivity contribution in [2.24, 2.45) is 0 Å². The molecule has 1 heterocycles. The maximum atomic E-state index is 12.1. The summed E-state index contributed by atoms with van der Waals surface area (Å²) in [6.45, 7) is 8.47. The zero-order valence-electron chi connectivity index (χ0n) is 14.9. The van der Waals surface area contributed by atoms with E-state index < -0.39 is 0 Å². The molecule has 0 aliphatic carbocycles. The molecule has 3 N–H and O–H groups in total. The highest BCUT2D eigenvalue weighted by atomic mass is 16.2. The van der Waals surface area contributed by atoms with Crippen molar-refractivity contribution in [3.8, 4) is 0 Å². The minimum Gasteiger partial charge on any atom is -0.354 e. The van der Waals surface area contributed by atoms with Crippen molar-refractivity contribution in [2.45, 2.75) is 51.5 Å². The van der Waals surface area contributed by atoms with Gasteiger partial charge in [-0.3, -0.25) is 9.59 Å². The van der Waals surface area contributed by atoms with E-state index in [2.05, 4.69) is 36.7 Å². The Morgan fingerprint density at radius 3 is 2.46 bits per heavy atom. The first-order chi connectivity index (χ1) is 11.4. The lowest BCUT2D eigenvalue weighted by atomic mass is 9.87. The highest BCUT2D eigenvalue weighted by molar-refractivity contribution is 5.94. The lowest BCUT2D eigenvalue weighted by Gasteiger charge is -2.19. The molecule has 1 unspecified atom stereocenters. The first kappa shape index (κ1) is 18.5. The molecule has 1 atom stereocenters. The predicted molar refractivity (Wildman–Crippen MR) is 96.1 cm³/mol. The van der Waals surface area contributed by atoms with Crippen LogP contribution in [0.1, 0.15) is 56.0 Å². The molecule has 132 valence electrons. The summed E-state index contributed by atoms with van der Waals surface area (Å²) in [7, 11) is 0. The molecule has 1 aliphatic rings. The highest BCUT2D eigenvalue weighted by Crippen LogP contribution is 2.22. The summed E-state index contributed by atoms with van der Waals surface area (Å²) in [6.07, 6.45) is 2.59. The maximum Gasteiger partial charge on any atom is 0.251 e. The normalized spacial score (nSPS) is 17.5. The zero-order chi connectivity index (χ0) is 17.6. The molecule has 0 saturated carbocycles. The van der Waals surface area contributed by atoms with Crippen molar-refractivity contribution in [3.63, 3.8) is 0 Å². The van der Waals surface area contributed by atoms with Crippen molar-refractivity contribution in [1.29, 1.82) is 0 Å². The van der Waals surface area contributed by atoms with Crippen LogP contribution in [0.2, 0.25) is 0 Å². The Morgan fingerprint density at radius 2 is 1.88 bits per heavy atom. The predicted octanol–water partition coefficient (Wildman–Crippen LogP) is 1.97. The van der Waals surface area contributed by atoms with Gasteiger partial charge in [0.15, 0.2) is 0 Å². The van der Waals surface area contributed by atoms with Crippen molar-refractivity contribution in [2.75, 3.05) is 19.6 Å². The Bertz CT molecular complexity index is 555. The average Bonchev–Trinajstić information content (AvgIpc) is 3.05. The van der Waals surface area contributed by atoms with Crippen LogP contribution in [0.15, 0.2) is 24.3 Å². The van der Waals surface area contributed by atoms with Crippen molar-refractivity contribution in [1.82, 2.24) is 16.0 Å². The zero-order valence-corrected chi connectivity index (χ0v) is 14.9. The van der Waals surface area contributed by atoms with Gasteiger partial charge in [-0.2, -0.15) is 0 Å². The van der Waals surface area contributed by atoms with E-state index in [4.69, 9.17) is 0 Å². The van der Waals surface area contributed by atoms with Crippen LogP contribution in [0.4, 0.5) is 0 Å². The summed E-state index contributed by atoms with van der Waals surface area (Å²) in [5.41, 5.74) is 1.89. The summed E-state index contributed by atoms with van der Waals surface area (Å²) in [6, 6.07) is 8.03. The van der Waals surface area contributed by atoms with E-state index in [0.29, 0.717) is 31.1 Å². The van der Waals surface area contributed by atoms with Crippen LogP contribution in [-0.4, -0.2) is 37.5 Å². The van der Waals surface area contributed by atoms with Gasteiger partial charge in [-0.05, 0) is 42.5 Å². The van der Waals surface area contributed by atoms with Gasteiger partial charge in [0, 0.05) is 31.1 Å². The molecule has 1 aliphatic heterocycles.